The number of halogens is 2. The van der Waals surface area contributed by atoms with E-state index in [1.165, 1.54) is 6.42 Å². The number of rotatable bonds is 7. The first-order valence-electron chi connectivity index (χ1n) is 9.87. The number of anilines is 1. The van der Waals surface area contributed by atoms with Gasteiger partial charge in [0.2, 0.25) is 5.91 Å². The summed E-state index contributed by atoms with van der Waals surface area (Å²) in [6.45, 7) is 0.436. The molecule has 7 heteroatoms. The average Bonchev–Trinajstić information content (AvgIpc) is 2.73. The Bertz CT molecular complexity index is 867. The molecule has 3 N–H and O–H groups in total. The fourth-order valence-corrected chi connectivity index (χ4v) is 3.81. The summed E-state index contributed by atoms with van der Waals surface area (Å²) in [5, 5.41) is 9.94. The quantitative estimate of drug-likeness (QED) is 0.587. The third kappa shape index (κ3) is 6.38. The third-order valence-electron chi connectivity index (χ3n) is 5.04. The Kier molecular flexibility index (Phi) is 7.78. The molecule has 0 aromatic heterocycles. The van der Waals surface area contributed by atoms with Gasteiger partial charge in [0.05, 0.1) is 17.1 Å². The number of benzene rings is 2. The topological polar surface area (TPSA) is 70.2 Å². The summed E-state index contributed by atoms with van der Waals surface area (Å²) < 4.78 is 0. The second-order valence-corrected chi connectivity index (χ2v) is 8.04. The van der Waals surface area contributed by atoms with Crippen LogP contribution in [-0.4, -0.2) is 24.4 Å². The van der Waals surface area contributed by atoms with E-state index in [2.05, 4.69) is 16.0 Å². The molecule has 2 aromatic rings. The van der Waals surface area contributed by atoms with Crippen molar-refractivity contribution >= 4 is 40.7 Å². The van der Waals surface area contributed by atoms with E-state index >= 15 is 0 Å². The molecule has 29 heavy (non-hydrogen) atoms. The van der Waals surface area contributed by atoms with Gasteiger partial charge in [-0.15, -0.1) is 0 Å². The van der Waals surface area contributed by atoms with E-state index in [0.29, 0.717) is 27.8 Å². The minimum Gasteiger partial charge on any atom is -0.376 e. The molecule has 0 aliphatic heterocycles. The maximum absolute atomic E-state index is 12.6. The van der Waals surface area contributed by atoms with Crippen molar-refractivity contribution in [3.8, 4) is 0 Å². The third-order valence-corrected chi connectivity index (χ3v) is 5.74. The van der Waals surface area contributed by atoms with Gasteiger partial charge in [-0.05, 0) is 42.7 Å². The van der Waals surface area contributed by atoms with Crippen molar-refractivity contribution in [2.24, 2.45) is 0 Å². The lowest BCUT2D eigenvalue weighted by Crippen LogP contribution is -2.36. The summed E-state index contributed by atoms with van der Waals surface area (Å²) in [4.78, 5) is 24.7. The van der Waals surface area contributed by atoms with E-state index in [-0.39, 0.29) is 24.4 Å². The van der Waals surface area contributed by atoms with E-state index in [1.54, 1.807) is 24.3 Å². The Morgan fingerprint density at radius 2 is 1.72 bits per heavy atom. The Hall–Kier alpha value is -2.24. The van der Waals surface area contributed by atoms with E-state index in [9.17, 15) is 9.59 Å². The van der Waals surface area contributed by atoms with Crippen LogP contribution in [0.5, 0.6) is 0 Å². The number of hydrogen-bond donors (Lipinski definition) is 3. The number of nitrogens with one attached hydrogen (secondary N) is 3. The summed E-state index contributed by atoms with van der Waals surface area (Å²) in [5.41, 5.74) is 1.94. The highest BCUT2D eigenvalue weighted by molar-refractivity contribution is 6.34. The van der Waals surface area contributed by atoms with Gasteiger partial charge in [-0.25, -0.2) is 0 Å². The lowest BCUT2D eigenvalue weighted by Gasteiger charge is -2.23. The summed E-state index contributed by atoms with van der Waals surface area (Å²) in [6.07, 6.45) is 5.53. The van der Waals surface area contributed by atoms with Crippen LogP contribution in [0.1, 0.15) is 48.0 Å². The van der Waals surface area contributed by atoms with Crippen molar-refractivity contribution in [3.05, 3.63) is 63.6 Å². The van der Waals surface area contributed by atoms with Crippen molar-refractivity contribution in [3.63, 3.8) is 0 Å². The van der Waals surface area contributed by atoms with Gasteiger partial charge in [0.15, 0.2) is 0 Å². The Labute approximate surface area is 181 Å². The summed E-state index contributed by atoms with van der Waals surface area (Å²) in [6, 6.07) is 12.7. The van der Waals surface area contributed by atoms with Crippen LogP contribution in [0, 0.1) is 0 Å². The Balaban J connectivity index is 1.53. The second kappa shape index (κ2) is 10.5. The molecule has 0 heterocycles. The summed E-state index contributed by atoms with van der Waals surface area (Å²) in [7, 11) is 0. The first-order valence-corrected chi connectivity index (χ1v) is 10.6. The van der Waals surface area contributed by atoms with E-state index in [1.807, 2.05) is 18.2 Å². The molecule has 3 rings (SSSR count). The highest BCUT2D eigenvalue weighted by atomic mass is 35.5. The lowest BCUT2D eigenvalue weighted by molar-refractivity contribution is -0.119. The molecule has 0 atom stereocenters. The standard InChI is InChI=1S/C22H25Cl2N3O2/c23-19-9-5-4-6-15(19)13-26-21(28)14-25-17-10-11-20(24)18(12-17)22(29)27-16-7-2-1-3-8-16/h4-6,9-12,16,25H,1-3,7-8,13-14H2,(H,26,28)(H,27,29). The number of hydrogen-bond acceptors (Lipinski definition) is 3. The zero-order valence-corrected chi connectivity index (χ0v) is 17.7. The minimum atomic E-state index is -0.173. The molecule has 0 unspecified atom stereocenters. The van der Waals surface area contributed by atoms with Gasteiger partial charge in [-0.2, -0.15) is 0 Å². The van der Waals surface area contributed by atoms with Crippen LogP contribution < -0.4 is 16.0 Å². The molecule has 0 radical (unpaired) electrons. The molecule has 154 valence electrons. The first-order chi connectivity index (χ1) is 14.0. The van der Waals surface area contributed by atoms with Gasteiger partial charge in [0.1, 0.15) is 0 Å². The highest BCUT2D eigenvalue weighted by Crippen LogP contribution is 2.23. The van der Waals surface area contributed by atoms with Crippen molar-refractivity contribution in [2.45, 2.75) is 44.7 Å². The van der Waals surface area contributed by atoms with E-state index in [0.717, 1.165) is 31.2 Å². The van der Waals surface area contributed by atoms with E-state index < -0.39 is 0 Å². The van der Waals surface area contributed by atoms with Crippen molar-refractivity contribution in [1.29, 1.82) is 0 Å². The van der Waals surface area contributed by atoms with Gasteiger partial charge in [0.25, 0.3) is 5.91 Å². The van der Waals surface area contributed by atoms with Crippen LogP contribution in [0.4, 0.5) is 5.69 Å². The molecular formula is C22H25Cl2N3O2. The van der Waals surface area contributed by atoms with Crippen molar-refractivity contribution < 1.29 is 9.59 Å². The average molecular weight is 434 g/mol. The zero-order valence-electron chi connectivity index (χ0n) is 16.1. The smallest absolute Gasteiger partial charge is 0.253 e. The zero-order chi connectivity index (χ0) is 20.6. The molecule has 0 spiro atoms. The van der Waals surface area contributed by atoms with E-state index in [4.69, 9.17) is 23.2 Å². The lowest BCUT2D eigenvalue weighted by atomic mass is 9.95. The van der Waals surface area contributed by atoms with Crippen LogP contribution in [0.2, 0.25) is 10.0 Å². The van der Waals surface area contributed by atoms with Gasteiger partial charge in [-0.1, -0.05) is 60.7 Å². The summed E-state index contributed by atoms with van der Waals surface area (Å²) >= 11 is 12.3. The van der Waals surface area contributed by atoms with Gasteiger partial charge < -0.3 is 16.0 Å². The molecule has 2 aromatic carbocycles. The van der Waals surface area contributed by atoms with Crippen molar-refractivity contribution in [2.75, 3.05) is 11.9 Å². The second-order valence-electron chi connectivity index (χ2n) is 7.22. The maximum Gasteiger partial charge on any atom is 0.253 e. The molecule has 1 aliphatic rings. The number of carbonyl (C=O) groups is 2. The van der Waals surface area contributed by atoms with Gasteiger partial charge in [0, 0.05) is 23.3 Å². The normalized spacial score (nSPS) is 14.3. The Morgan fingerprint density at radius 1 is 0.966 bits per heavy atom. The minimum absolute atomic E-state index is 0.0791. The molecular weight excluding hydrogens is 409 g/mol. The predicted octanol–water partition coefficient (Wildman–Crippen LogP) is 4.78. The van der Waals surface area contributed by atoms with Crippen LogP contribution in [-0.2, 0) is 11.3 Å². The number of amides is 2. The molecule has 5 nitrogen and oxygen atoms in total. The monoisotopic (exact) mass is 433 g/mol. The fraction of sp³-hybridized carbons (Fsp3) is 0.364. The predicted molar refractivity (Wildman–Crippen MR) is 118 cm³/mol. The molecule has 1 aliphatic carbocycles. The van der Waals surface area contributed by atoms with Crippen molar-refractivity contribution in [1.82, 2.24) is 10.6 Å². The summed E-state index contributed by atoms with van der Waals surface area (Å²) in [5.74, 6) is -0.346. The van der Waals surface area contributed by atoms with Gasteiger partial charge in [-0.3, -0.25) is 9.59 Å². The molecule has 1 fully saturated rings. The maximum atomic E-state index is 12.6. The number of carbonyl (C=O) groups excluding carboxylic acids is 2. The van der Waals surface area contributed by atoms with Crippen LogP contribution in [0.3, 0.4) is 0 Å². The Morgan fingerprint density at radius 3 is 2.48 bits per heavy atom. The first kappa shape index (κ1) is 21.5. The largest absolute Gasteiger partial charge is 0.376 e. The molecule has 1 saturated carbocycles. The SMILES string of the molecule is O=C(CNc1ccc(Cl)c(C(=O)NC2CCCCC2)c1)NCc1ccccc1Cl. The fourth-order valence-electron chi connectivity index (χ4n) is 3.40. The highest BCUT2D eigenvalue weighted by Gasteiger charge is 2.18. The van der Waals surface area contributed by atoms with Gasteiger partial charge >= 0.3 is 0 Å². The molecule has 2 amide bonds. The van der Waals surface area contributed by atoms with Crippen LogP contribution in [0.25, 0.3) is 0 Å². The molecule has 0 saturated heterocycles. The van der Waals surface area contributed by atoms with Crippen LogP contribution in [0.15, 0.2) is 42.5 Å². The van der Waals surface area contributed by atoms with Crippen LogP contribution >= 0.6 is 23.2 Å². The molecule has 0 bridgehead atoms.